The van der Waals surface area contributed by atoms with Gasteiger partial charge in [-0.05, 0) is 19.9 Å². The first-order valence-electron chi connectivity index (χ1n) is 5.14. The van der Waals surface area contributed by atoms with Crippen LogP contribution in [0.15, 0.2) is 24.3 Å². The zero-order valence-electron chi connectivity index (χ0n) is 9.86. The van der Waals surface area contributed by atoms with Crippen LogP contribution in [-0.4, -0.2) is 16.8 Å². The number of benzene rings is 1. The SMILES string of the molecule is C#CC(C)(C)OCc1ccccc1NC(=O)O. The van der Waals surface area contributed by atoms with Crippen molar-refractivity contribution in [1.29, 1.82) is 0 Å². The van der Waals surface area contributed by atoms with Crippen molar-refractivity contribution < 1.29 is 14.6 Å². The monoisotopic (exact) mass is 233 g/mol. The van der Waals surface area contributed by atoms with Gasteiger partial charge in [-0.1, -0.05) is 24.1 Å². The minimum Gasteiger partial charge on any atom is -0.465 e. The molecule has 0 aliphatic heterocycles. The summed E-state index contributed by atoms with van der Waals surface area (Å²) in [4.78, 5) is 10.6. The van der Waals surface area contributed by atoms with Crippen molar-refractivity contribution in [2.24, 2.45) is 0 Å². The van der Waals surface area contributed by atoms with Gasteiger partial charge in [-0.2, -0.15) is 0 Å². The summed E-state index contributed by atoms with van der Waals surface area (Å²) in [6, 6.07) is 7.03. The summed E-state index contributed by atoms with van der Waals surface area (Å²) in [6.07, 6.45) is 4.20. The number of para-hydroxylation sites is 1. The molecule has 1 amide bonds. The highest BCUT2D eigenvalue weighted by molar-refractivity contribution is 5.83. The highest BCUT2D eigenvalue weighted by Crippen LogP contribution is 2.19. The van der Waals surface area contributed by atoms with Gasteiger partial charge in [0.25, 0.3) is 0 Å². The maximum absolute atomic E-state index is 10.6. The van der Waals surface area contributed by atoms with E-state index in [4.69, 9.17) is 16.3 Å². The average Bonchev–Trinajstić information content (AvgIpc) is 2.27. The van der Waals surface area contributed by atoms with Gasteiger partial charge in [0.1, 0.15) is 5.60 Å². The molecule has 0 aromatic heterocycles. The van der Waals surface area contributed by atoms with Gasteiger partial charge in [0, 0.05) is 11.3 Å². The van der Waals surface area contributed by atoms with Crippen LogP contribution in [-0.2, 0) is 11.3 Å². The summed E-state index contributed by atoms with van der Waals surface area (Å²) in [5, 5.41) is 11.0. The van der Waals surface area contributed by atoms with Crippen LogP contribution in [0.2, 0.25) is 0 Å². The Hall–Kier alpha value is -1.99. The van der Waals surface area contributed by atoms with Crippen LogP contribution >= 0.6 is 0 Å². The summed E-state index contributed by atoms with van der Waals surface area (Å²) in [5.41, 5.74) is 0.585. The Balaban J connectivity index is 2.78. The molecule has 4 heteroatoms. The van der Waals surface area contributed by atoms with Crippen LogP contribution < -0.4 is 5.32 Å². The molecule has 0 saturated carbocycles. The molecule has 1 aromatic rings. The van der Waals surface area contributed by atoms with E-state index in [2.05, 4.69) is 11.2 Å². The molecule has 0 bridgehead atoms. The Labute approximate surface area is 101 Å². The van der Waals surface area contributed by atoms with Gasteiger partial charge < -0.3 is 9.84 Å². The van der Waals surface area contributed by atoms with Crippen molar-refractivity contribution in [3.8, 4) is 12.3 Å². The van der Waals surface area contributed by atoms with Crippen molar-refractivity contribution in [2.75, 3.05) is 5.32 Å². The van der Waals surface area contributed by atoms with Crippen molar-refractivity contribution in [2.45, 2.75) is 26.1 Å². The molecule has 1 rings (SSSR count). The van der Waals surface area contributed by atoms with Gasteiger partial charge in [0.2, 0.25) is 0 Å². The Morgan fingerprint density at radius 2 is 2.18 bits per heavy atom. The quantitative estimate of drug-likeness (QED) is 0.786. The normalized spacial score (nSPS) is 10.6. The zero-order valence-corrected chi connectivity index (χ0v) is 9.86. The third-order valence-corrected chi connectivity index (χ3v) is 2.20. The van der Waals surface area contributed by atoms with E-state index in [1.165, 1.54) is 0 Å². The molecule has 17 heavy (non-hydrogen) atoms. The van der Waals surface area contributed by atoms with E-state index in [9.17, 15) is 4.79 Å². The average molecular weight is 233 g/mol. The molecule has 0 atom stereocenters. The zero-order chi connectivity index (χ0) is 12.9. The first-order valence-corrected chi connectivity index (χ1v) is 5.14. The number of carbonyl (C=O) groups is 1. The standard InChI is InChI=1S/C13H15NO3/c1-4-13(2,3)17-9-10-7-5-6-8-11(10)14-12(15)16/h1,5-8,14H,9H2,2-3H3,(H,15,16). The van der Waals surface area contributed by atoms with Gasteiger partial charge in [0.15, 0.2) is 0 Å². The predicted molar refractivity (Wildman–Crippen MR) is 65.8 cm³/mol. The number of ether oxygens (including phenoxy) is 1. The smallest absolute Gasteiger partial charge is 0.409 e. The van der Waals surface area contributed by atoms with Crippen LogP contribution in [0.3, 0.4) is 0 Å². The molecule has 0 aliphatic carbocycles. The first-order chi connectivity index (χ1) is 7.94. The van der Waals surface area contributed by atoms with E-state index in [0.29, 0.717) is 5.69 Å². The fraction of sp³-hybridized carbons (Fsp3) is 0.308. The molecule has 0 unspecified atom stereocenters. The fourth-order valence-corrected chi connectivity index (χ4v) is 1.18. The summed E-state index contributed by atoms with van der Waals surface area (Å²) >= 11 is 0. The Morgan fingerprint density at radius 3 is 2.76 bits per heavy atom. The molecular weight excluding hydrogens is 218 g/mol. The van der Waals surface area contributed by atoms with E-state index in [-0.39, 0.29) is 6.61 Å². The fourth-order valence-electron chi connectivity index (χ4n) is 1.18. The third-order valence-electron chi connectivity index (χ3n) is 2.20. The maximum atomic E-state index is 10.6. The van der Waals surface area contributed by atoms with Crippen LogP contribution in [0.4, 0.5) is 10.5 Å². The van der Waals surface area contributed by atoms with E-state index in [1.54, 1.807) is 32.0 Å². The number of hydrogen-bond acceptors (Lipinski definition) is 2. The molecular formula is C13H15NO3. The lowest BCUT2D eigenvalue weighted by molar-refractivity contribution is 0.0148. The van der Waals surface area contributed by atoms with E-state index in [1.807, 2.05) is 6.07 Å². The number of anilines is 1. The molecule has 0 aliphatic rings. The second kappa shape index (κ2) is 5.37. The van der Waals surface area contributed by atoms with Crippen LogP contribution in [0.5, 0.6) is 0 Å². The summed E-state index contributed by atoms with van der Waals surface area (Å²) in [5.74, 6) is 2.51. The molecule has 0 fully saturated rings. The predicted octanol–water partition coefficient (Wildman–Crippen LogP) is 2.70. The third kappa shape index (κ3) is 4.17. The van der Waals surface area contributed by atoms with E-state index >= 15 is 0 Å². The highest BCUT2D eigenvalue weighted by atomic mass is 16.5. The maximum Gasteiger partial charge on any atom is 0.409 e. The number of nitrogens with one attached hydrogen (secondary N) is 1. The first kappa shape index (κ1) is 13.1. The second-order valence-electron chi connectivity index (χ2n) is 4.03. The molecule has 0 radical (unpaired) electrons. The molecule has 0 heterocycles. The lowest BCUT2D eigenvalue weighted by Gasteiger charge is -2.19. The number of terminal acetylenes is 1. The molecule has 90 valence electrons. The summed E-state index contributed by atoms with van der Waals surface area (Å²) < 4.78 is 5.52. The molecule has 0 spiro atoms. The Morgan fingerprint density at radius 1 is 1.53 bits per heavy atom. The highest BCUT2D eigenvalue weighted by Gasteiger charge is 2.15. The number of rotatable bonds is 4. The Kier molecular flexibility index (Phi) is 4.13. The molecule has 2 N–H and O–H groups in total. The van der Waals surface area contributed by atoms with Gasteiger partial charge in [-0.15, -0.1) is 6.42 Å². The minimum atomic E-state index is -1.10. The van der Waals surface area contributed by atoms with E-state index in [0.717, 1.165) is 5.56 Å². The van der Waals surface area contributed by atoms with Gasteiger partial charge in [0.05, 0.1) is 6.61 Å². The largest absolute Gasteiger partial charge is 0.465 e. The van der Waals surface area contributed by atoms with Crippen LogP contribution in [0.1, 0.15) is 19.4 Å². The molecule has 4 nitrogen and oxygen atoms in total. The number of carboxylic acid groups (broad SMARTS) is 1. The number of amides is 1. The summed E-state index contributed by atoms with van der Waals surface area (Å²) in [7, 11) is 0. The van der Waals surface area contributed by atoms with Gasteiger partial charge in [-0.25, -0.2) is 4.79 Å². The lowest BCUT2D eigenvalue weighted by atomic mass is 10.1. The van der Waals surface area contributed by atoms with Gasteiger partial charge >= 0.3 is 6.09 Å². The lowest BCUT2D eigenvalue weighted by Crippen LogP contribution is -2.21. The van der Waals surface area contributed by atoms with Crippen molar-refractivity contribution in [3.05, 3.63) is 29.8 Å². The van der Waals surface area contributed by atoms with Gasteiger partial charge in [-0.3, -0.25) is 5.32 Å². The Bertz CT molecular complexity index is 446. The van der Waals surface area contributed by atoms with Crippen LogP contribution in [0, 0.1) is 12.3 Å². The van der Waals surface area contributed by atoms with E-state index < -0.39 is 11.7 Å². The number of hydrogen-bond donors (Lipinski definition) is 2. The van der Waals surface area contributed by atoms with Crippen LogP contribution in [0.25, 0.3) is 0 Å². The second-order valence-corrected chi connectivity index (χ2v) is 4.03. The van der Waals surface area contributed by atoms with Crippen molar-refractivity contribution in [3.63, 3.8) is 0 Å². The minimum absolute atomic E-state index is 0.258. The summed E-state index contributed by atoms with van der Waals surface area (Å²) in [6.45, 7) is 3.81. The molecule has 0 saturated heterocycles. The molecule has 1 aromatic carbocycles. The van der Waals surface area contributed by atoms with Crippen molar-refractivity contribution in [1.82, 2.24) is 0 Å². The topological polar surface area (TPSA) is 58.6 Å². The van der Waals surface area contributed by atoms with Crippen molar-refractivity contribution >= 4 is 11.8 Å².